The highest BCUT2D eigenvalue weighted by atomic mass is 127. The van der Waals surface area contributed by atoms with Crippen molar-refractivity contribution in [1.29, 1.82) is 0 Å². The van der Waals surface area contributed by atoms with Gasteiger partial charge < -0.3 is 5.32 Å². The number of hydrogen-bond acceptors (Lipinski definition) is 4. The molecule has 2 heterocycles. The number of amides is 1. The van der Waals surface area contributed by atoms with Gasteiger partial charge >= 0.3 is 0 Å². The van der Waals surface area contributed by atoms with E-state index in [4.69, 9.17) is 0 Å². The van der Waals surface area contributed by atoms with Gasteiger partial charge in [-0.15, -0.1) is 11.3 Å². The van der Waals surface area contributed by atoms with Gasteiger partial charge in [0.2, 0.25) is 5.91 Å². The SMILES string of the molecule is Cc1cc(I)ccc1NC(=O)Cn1cnc2sc3c(c2c1=O)CCCCC3. The fraction of sp³-hybridized carbons (Fsp3) is 0.350. The third-order valence-electron chi connectivity index (χ3n) is 4.97. The van der Waals surface area contributed by atoms with E-state index in [9.17, 15) is 9.59 Å². The number of benzene rings is 1. The van der Waals surface area contributed by atoms with Crippen LogP contribution in [0.15, 0.2) is 29.3 Å². The van der Waals surface area contributed by atoms with E-state index in [0.717, 1.165) is 49.9 Å². The summed E-state index contributed by atoms with van der Waals surface area (Å²) in [6.45, 7) is 1.93. The molecule has 7 heteroatoms. The summed E-state index contributed by atoms with van der Waals surface area (Å²) in [5.41, 5.74) is 2.83. The first kappa shape index (κ1) is 18.6. The maximum atomic E-state index is 13.0. The number of halogens is 1. The number of aromatic nitrogens is 2. The molecule has 1 aliphatic carbocycles. The zero-order chi connectivity index (χ0) is 19.0. The molecule has 1 aliphatic rings. The van der Waals surface area contributed by atoms with Gasteiger partial charge in [-0.2, -0.15) is 0 Å². The highest BCUT2D eigenvalue weighted by molar-refractivity contribution is 14.1. The Labute approximate surface area is 175 Å². The summed E-state index contributed by atoms with van der Waals surface area (Å²) >= 11 is 3.88. The first-order chi connectivity index (χ1) is 13.0. The number of aryl methyl sites for hydroxylation is 3. The molecule has 3 aromatic rings. The van der Waals surface area contributed by atoms with Gasteiger partial charge in [0.25, 0.3) is 5.56 Å². The lowest BCUT2D eigenvalue weighted by atomic mass is 10.1. The van der Waals surface area contributed by atoms with Gasteiger partial charge in [-0.25, -0.2) is 4.98 Å². The van der Waals surface area contributed by atoms with E-state index < -0.39 is 0 Å². The van der Waals surface area contributed by atoms with Crippen molar-refractivity contribution in [2.24, 2.45) is 0 Å². The van der Waals surface area contributed by atoms with E-state index in [0.29, 0.717) is 0 Å². The maximum absolute atomic E-state index is 13.0. The molecule has 27 heavy (non-hydrogen) atoms. The van der Waals surface area contributed by atoms with Crippen molar-refractivity contribution in [2.45, 2.75) is 45.6 Å². The Kier molecular flexibility index (Phi) is 5.32. The number of nitrogens with zero attached hydrogens (tertiary/aromatic N) is 2. The van der Waals surface area contributed by atoms with Crippen molar-refractivity contribution in [3.05, 3.63) is 54.5 Å². The predicted octanol–water partition coefficient (Wildman–Crippen LogP) is 4.28. The van der Waals surface area contributed by atoms with Gasteiger partial charge in [0.1, 0.15) is 11.4 Å². The number of fused-ring (bicyclic) bond motifs is 3. The second kappa shape index (κ2) is 7.71. The van der Waals surface area contributed by atoms with Crippen molar-refractivity contribution in [2.75, 3.05) is 5.32 Å². The summed E-state index contributed by atoms with van der Waals surface area (Å²) in [4.78, 5) is 32.1. The molecule has 5 nitrogen and oxygen atoms in total. The number of carbonyl (C=O) groups is 1. The van der Waals surface area contributed by atoms with Crippen molar-refractivity contribution < 1.29 is 4.79 Å². The highest BCUT2D eigenvalue weighted by Gasteiger charge is 2.19. The van der Waals surface area contributed by atoms with Crippen molar-refractivity contribution in [3.8, 4) is 0 Å². The minimum atomic E-state index is -0.219. The Hall–Kier alpha value is -1.74. The molecular weight excluding hydrogens is 473 g/mol. The van der Waals surface area contributed by atoms with Gasteiger partial charge in [0, 0.05) is 14.1 Å². The van der Waals surface area contributed by atoms with E-state index in [1.165, 1.54) is 28.6 Å². The Morgan fingerprint density at radius 1 is 1.30 bits per heavy atom. The molecule has 1 N–H and O–H groups in total. The van der Waals surface area contributed by atoms with Crippen LogP contribution in [0.1, 0.15) is 35.3 Å². The van der Waals surface area contributed by atoms with Crippen LogP contribution in [0.3, 0.4) is 0 Å². The van der Waals surface area contributed by atoms with Crippen LogP contribution in [0.25, 0.3) is 10.2 Å². The zero-order valence-corrected chi connectivity index (χ0v) is 18.0. The van der Waals surface area contributed by atoms with Crippen molar-refractivity contribution >= 4 is 55.7 Å². The second-order valence-electron chi connectivity index (χ2n) is 6.93. The molecule has 0 fully saturated rings. The lowest BCUT2D eigenvalue weighted by molar-refractivity contribution is -0.116. The summed E-state index contributed by atoms with van der Waals surface area (Å²) in [7, 11) is 0. The molecule has 2 aromatic heterocycles. The molecule has 0 spiro atoms. The third-order valence-corrected chi connectivity index (χ3v) is 6.84. The van der Waals surface area contributed by atoms with Crippen LogP contribution in [0, 0.1) is 10.5 Å². The maximum Gasteiger partial charge on any atom is 0.262 e. The topological polar surface area (TPSA) is 64.0 Å². The van der Waals surface area contributed by atoms with Gasteiger partial charge in [-0.05, 0) is 84.5 Å². The average Bonchev–Trinajstić information content (AvgIpc) is 2.82. The fourth-order valence-electron chi connectivity index (χ4n) is 3.58. The lowest BCUT2D eigenvalue weighted by Crippen LogP contribution is -2.28. The van der Waals surface area contributed by atoms with Crippen LogP contribution < -0.4 is 10.9 Å². The quantitative estimate of drug-likeness (QED) is 0.438. The molecule has 0 radical (unpaired) electrons. The molecule has 4 rings (SSSR count). The zero-order valence-electron chi connectivity index (χ0n) is 15.0. The van der Waals surface area contributed by atoms with E-state index in [1.807, 2.05) is 25.1 Å². The van der Waals surface area contributed by atoms with Crippen LogP contribution in [0.2, 0.25) is 0 Å². The molecular formula is C20H20IN3O2S. The standard InChI is InChI=1S/C20H20IN3O2S/c1-12-9-13(21)7-8-15(12)23-17(25)10-24-11-22-19-18(20(24)26)14-5-3-2-4-6-16(14)27-19/h7-9,11H,2-6,10H2,1H3,(H,23,25). The summed E-state index contributed by atoms with van der Waals surface area (Å²) in [6, 6.07) is 5.85. The molecule has 0 saturated carbocycles. The molecule has 0 saturated heterocycles. The Bertz CT molecular complexity index is 1090. The van der Waals surface area contributed by atoms with Crippen LogP contribution in [0.5, 0.6) is 0 Å². The van der Waals surface area contributed by atoms with Gasteiger partial charge in [-0.3, -0.25) is 14.2 Å². The lowest BCUT2D eigenvalue weighted by Gasteiger charge is -2.10. The Morgan fingerprint density at radius 2 is 2.11 bits per heavy atom. The Morgan fingerprint density at radius 3 is 2.93 bits per heavy atom. The average molecular weight is 493 g/mol. The number of hydrogen-bond donors (Lipinski definition) is 1. The minimum Gasteiger partial charge on any atom is -0.324 e. The summed E-state index contributed by atoms with van der Waals surface area (Å²) < 4.78 is 2.55. The van der Waals surface area contributed by atoms with Crippen LogP contribution in [0.4, 0.5) is 5.69 Å². The molecule has 140 valence electrons. The van der Waals surface area contributed by atoms with E-state index in [1.54, 1.807) is 11.3 Å². The normalized spacial score (nSPS) is 14.0. The number of thiophene rings is 1. The monoisotopic (exact) mass is 493 g/mol. The largest absolute Gasteiger partial charge is 0.324 e. The molecule has 1 amide bonds. The second-order valence-corrected chi connectivity index (χ2v) is 9.26. The smallest absolute Gasteiger partial charge is 0.262 e. The predicted molar refractivity (Wildman–Crippen MR) is 118 cm³/mol. The van der Waals surface area contributed by atoms with Crippen LogP contribution >= 0.6 is 33.9 Å². The van der Waals surface area contributed by atoms with Gasteiger partial charge in [-0.1, -0.05) is 6.42 Å². The van der Waals surface area contributed by atoms with E-state index in [-0.39, 0.29) is 18.0 Å². The van der Waals surface area contributed by atoms with E-state index in [2.05, 4.69) is 32.9 Å². The molecule has 0 unspecified atom stereocenters. The molecule has 0 atom stereocenters. The molecule has 0 aliphatic heterocycles. The molecule has 0 bridgehead atoms. The van der Waals surface area contributed by atoms with Crippen molar-refractivity contribution in [3.63, 3.8) is 0 Å². The molecule has 1 aromatic carbocycles. The Balaban J connectivity index is 1.62. The number of carbonyl (C=O) groups excluding carboxylic acids is 1. The first-order valence-electron chi connectivity index (χ1n) is 9.08. The highest BCUT2D eigenvalue weighted by Crippen LogP contribution is 2.32. The summed E-state index contributed by atoms with van der Waals surface area (Å²) in [5.74, 6) is -0.219. The van der Waals surface area contributed by atoms with Gasteiger partial charge in [0.05, 0.1) is 11.7 Å². The van der Waals surface area contributed by atoms with Crippen molar-refractivity contribution in [1.82, 2.24) is 9.55 Å². The van der Waals surface area contributed by atoms with Gasteiger partial charge in [0.15, 0.2) is 0 Å². The fourth-order valence-corrected chi connectivity index (χ4v) is 5.45. The summed E-state index contributed by atoms with van der Waals surface area (Å²) in [5, 5.41) is 3.62. The number of anilines is 1. The van der Waals surface area contributed by atoms with E-state index >= 15 is 0 Å². The van der Waals surface area contributed by atoms with Crippen LogP contribution in [-0.4, -0.2) is 15.5 Å². The summed E-state index contributed by atoms with van der Waals surface area (Å²) in [6.07, 6.45) is 6.95. The first-order valence-corrected chi connectivity index (χ1v) is 11.0. The minimum absolute atomic E-state index is 0.0299. The number of rotatable bonds is 3. The third kappa shape index (κ3) is 3.80. The van der Waals surface area contributed by atoms with Crippen LogP contribution in [-0.2, 0) is 24.2 Å². The number of nitrogens with one attached hydrogen (secondary N) is 1.